The van der Waals surface area contributed by atoms with Gasteiger partial charge in [0.2, 0.25) is 5.91 Å². The first-order valence-electron chi connectivity index (χ1n) is 7.88. The quantitative estimate of drug-likeness (QED) is 0.775. The van der Waals surface area contributed by atoms with Crippen LogP contribution in [0.4, 0.5) is 0 Å². The lowest BCUT2D eigenvalue weighted by molar-refractivity contribution is -0.130. The summed E-state index contributed by atoms with van der Waals surface area (Å²) < 4.78 is 0. The minimum atomic E-state index is -0.802. The summed E-state index contributed by atoms with van der Waals surface area (Å²) in [5.41, 5.74) is 2.10. The van der Waals surface area contributed by atoms with Crippen LogP contribution in [0.5, 0.6) is 0 Å². The van der Waals surface area contributed by atoms with Crippen LogP contribution in [0.1, 0.15) is 49.7 Å². The van der Waals surface area contributed by atoms with Crippen molar-refractivity contribution < 1.29 is 9.90 Å². The van der Waals surface area contributed by atoms with E-state index in [0.717, 1.165) is 18.7 Å². The monoisotopic (exact) mass is 288 g/mol. The molecule has 4 heteroatoms. The molecule has 2 aliphatic heterocycles. The standard InChI is InChI=1S/C17H24N2O2/c1-17(9-6-15(20)19-16(17)21)14-4-2-12(3-5-14)13-7-10-18-11-8-13/h2-5,13,16,18,21H,6-11H2,1H3,(H,19,20). The van der Waals surface area contributed by atoms with E-state index in [-0.39, 0.29) is 11.3 Å². The second kappa shape index (κ2) is 5.78. The zero-order valence-electron chi connectivity index (χ0n) is 12.6. The van der Waals surface area contributed by atoms with E-state index in [1.54, 1.807) is 0 Å². The summed E-state index contributed by atoms with van der Waals surface area (Å²) in [6, 6.07) is 8.63. The summed E-state index contributed by atoms with van der Waals surface area (Å²) in [6.07, 6.45) is 2.74. The Morgan fingerprint density at radius 3 is 2.48 bits per heavy atom. The van der Waals surface area contributed by atoms with Gasteiger partial charge in [-0.3, -0.25) is 4.79 Å². The molecular weight excluding hydrogens is 264 g/mol. The van der Waals surface area contributed by atoms with Crippen LogP contribution in [-0.2, 0) is 10.2 Å². The molecule has 2 atom stereocenters. The van der Waals surface area contributed by atoms with Crippen molar-refractivity contribution in [3.63, 3.8) is 0 Å². The fourth-order valence-corrected chi connectivity index (χ4v) is 3.49. The Labute approximate surface area is 125 Å². The molecule has 1 aromatic rings. The largest absolute Gasteiger partial charge is 0.373 e. The van der Waals surface area contributed by atoms with E-state index in [0.29, 0.717) is 18.8 Å². The summed E-state index contributed by atoms with van der Waals surface area (Å²) in [7, 11) is 0. The molecule has 2 unspecified atom stereocenters. The molecule has 1 aromatic carbocycles. The van der Waals surface area contributed by atoms with Crippen molar-refractivity contribution in [2.75, 3.05) is 13.1 Å². The second-order valence-corrected chi connectivity index (χ2v) is 6.53. The van der Waals surface area contributed by atoms with E-state index in [2.05, 4.69) is 34.9 Å². The van der Waals surface area contributed by atoms with Crippen LogP contribution < -0.4 is 10.6 Å². The molecule has 21 heavy (non-hydrogen) atoms. The topological polar surface area (TPSA) is 61.4 Å². The number of piperidine rings is 2. The van der Waals surface area contributed by atoms with Gasteiger partial charge in [0.15, 0.2) is 0 Å². The van der Waals surface area contributed by atoms with Gasteiger partial charge in [0.1, 0.15) is 6.23 Å². The lowest BCUT2D eigenvalue weighted by atomic mass is 9.74. The number of hydrogen-bond donors (Lipinski definition) is 3. The Bertz CT molecular complexity index is 508. The van der Waals surface area contributed by atoms with Gasteiger partial charge in [-0.15, -0.1) is 0 Å². The first-order valence-corrected chi connectivity index (χ1v) is 7.88. The number of hydrogen-bond acceptors (Lipinski definition) is 3. The van der Waals surface area contributed by atoms with Crippen LogP contribution in [0.25, 0.3) is 0 Å². The van der Waals surface area contributed by atoms with Gasteiger partial charge in [-0.05, 0) is 49.4 Å². The number of nitrogens with one attached hydrogen (secondary N) is 2. The van der Waals surface area contributed by atoms with E-state index >= 15 is 0 Å². The van der Waals surface area contributed by atoms with Gasteiger partial charge in [-0.1, -0.05) is 31.2 Å². The summed E-state index contributed by atoms with van der Waals surface area (Å²) in [5.74, 6) is 0.579. The van der Waals surface area contributed by atoms with E-state index < -0.39 is 6.23 Å². The highest BCUT2D eigenvalue weighted by Gasteiger charge is 2.39. The van der Waals surface area contributed by atoms with Crippen molar-refractivity contribution in [3.8, 4) is 0 Å². The number of amides is 1. The fourth-order valence-electron chi connectivity index (χ4n) is 3.49. The first kappa shape index (κ1) is 14.5. The number of carbonyl (C=O) groups excluding carboxylic acids is 1. The molecule has 0 saturated carbocycles. The van der Waals surface area contributed by atoms with Gasteiger partial charge in [-0.25, -0.2) is 0 Å². The average Bonchev–Trinajstić information content (AvgIpc) is 2.52. The molecule has 1 amide bonds. The molecule has 2 aliphatic rings. The molecule has 2 saturated heterocycles. The highest BCUT2D eigenvalue weighted by molar-refractivity contribution is 5.77. The molecule has 114 valence electrons. The maximum absolute atomic E-state index is 11.4. The highest BCUT2D eigenvalue weighted by atomic mass is 16.3. The van der Waals surface area contributed by atoms with Crippen LogP contribution >= 0.6 is 0 Å². The fraction of sp³-hybridized carbons (Fsp3) is 0.588. The van der Waals surface area contributed by atoms with Crippen LogP contribution in [0.2, 0.25) is 0 Å². The molecule has 0 aliphatic carbocycles. The SMILES string of the molecule is CC1(c2ccc(C3CCNCC3)cc2)CCC(=O)NC1O. The molecule has 2 heterocycles. The number of rotatable bonds is 2. The number of carbonyl (C=O) groups is 1. The maximum atomic E-state index is 11.4. The van der Waals surface area contributed by atoms with Gasteiger partial charge >= 0.3 is 0 Å². The van der Waals surface area contributed by atoms with Crippen molar-refractivity contribution in [3.05, 3.63) is 35.4 Å². The third kappa shape index (κ3) is 2.83. The van der Waals surface area contributed by atoms with Crippen molar-refractivity contribution in [2.45, 2.75) is 50.2 Å². The Morgan fingerprint density at radius 2 is 1.86 bits per heavy atom. The third-order valence-corrected chi connectivity index (χ3v) is 5.15. The smallest absolute Gasteiger partial charge is 0.222 e. The maximum Gasteiger partial charge on any atom is 0.222 e. The minimum absolute atomic E-state index is 0.0636. The van der Waals surface area contributed by atoms with E-state index in [1.807, 2.05) is 6.92 Å². The van der Waals surface area contributed by atoms with Gasteiger partial charge in [0.05, 0.1) is 0 Å². The van der Waals surface area contributed by atoms with E-state index in [4.69, 9.17) is 0 Å². The first-order chi connectivity index (χ1) is 10.1. The Hall–Kier alpha value is -1.39. The number of aliphatic hydroxyl groups is 1. The van der Waals surface area contributed by atoms with Gasteiger partial charge in [-0.2, -0.15) is 0 Å². The van der Waals surface area contributed by atoms with Crippen molar-refractivity contribution in [1.82, 2.24) is 10.6 Å². The third-order valence-electron chi connectivity index (χ3n) is 5.15. The van der Waals surface area contributed by atoms with Crippen LogP contribution in [-0.4, -0.2) is 30.3 Å². The number of aliphatic hydroxyl groups excluding tert-OH is 1. The zero-order chi connectivity index (χ0) is 14.9. The van der Waals surface area contributed by atoms with Gasteiger partial charge < -0.3 is 15.7 Å². The number of benzene rings is 1. The molecule has 0 bridgehead atoms. The molecule has 3 N–H and O–H groups in total. The lowest BCUT2D eigenvalue weighted by Gasteiger charge is -2.39. The van der Waals surface area contributed by atoms with Crippen molar-refractivity contribution >= 4 is 5.91 Å². The van der Waals surface area contributed by atoms with Crippen LogP contribution in [0, 0.1) is 0 Å². The minimum Gasteiger partial charge on any atom is -0.373 e. The Balaban J connectivity index is 1.78. The molecule has 0 spiro atoms. The summed E-state index contributed by atoms with van der Waals surface area (Å²) in [6.45, 7) is 4.21. The molecule has 0 aromatic heterocycles. The van der Waals surface area contributed by atoms with Crippen LogP contribution in [0.3, 0.4) is 0 Å². The molecule has 3 rings (SSSR count). The van der Waals surface area contributed by atoms with Gasteiger partial charge in [0.25, 0.3) is 0 Å². The predicted octanol–water partition coefficient (Wildman–Crippen LogP) is 1.64. The lowest BCUT2D eigenvalue weighted by Crippen LogP contribution is -2.53. The average molecular weight is 288 g/mol. The zero-order valence-corrected chi connectivity index (χ0v) is 12.6. The summed E-state index contributed by atoms with van der Waals surface area (Å²) >= 11 is 0. The van der Waals surface area contributed by atoms with Crippen molar-refractivity contribution in [1.29, 1.82) is 0 Å². The summed E-state index contributed by atoms with van der Waals surface area (Å²) in [4.78, 5) is 11.4. The van der Waals surface area contributed by atoms with Crippen molar-refractivity contribution in [2.24, 2.45) is 0 Å². The second-order valence-electron chi connectivity index (χ2n) is 6.53. The van der Waals surface area contributed by atoms with E-state index in [1.165, 1.54) is 18.4 Å². The molecule has 0 radical (unpaired) electrons. The summed E-state index contributed by atoms with van der Waals surface area (Å²) in [5, 5.41) is 16.3. The Kier molecular flexibility index (Phi) is 4.00. The molecule has 2 fully saturated rings. The predicted molar refractivity (Wildman–Crippen MR) is 82.0 cm³/mol. The highest BCUT2D eigenvalue weighted by Crippen LogP contribution is 2.35. The van der Waals surface area contributed by atoms with Crippen LogP contribution in [0.15, 0.2) is 24.3 Å². The van der Waals surface area contributed by atoms with Gasteiger partial charge in [0, 0.05) is 11.8 Å². The molecular formula is C17H24N2O2. The molecule has 4 nitrogen and oxygen atoms in total. The Morgan fingerprint density at radius 1 is 1.19 bits per heavy atom. The van der Waals surface area contributed by atoms with E-state index in [9.17, 15) is 9.90 Å². The normalized spacial score (nSPS) is 31.0.